The molecule has 0 amide bonds. The van der Waals surface area contributed by atoms with Crippen molar-refractivity contribution in [2.75, 3.05) is 0 Å². The number of ether oxygens (including phenoxy) is 2. The fourth-order valence-corrected chi connectivity index (χ4v) is 3.58. The number of benzene rings is 2. The maximum Gasteiger partial charge on any atom is 0.232 e. The molecule has 2 bridgehead atoms. The lowest BCUT2D eigenvalue weighted by Crippen LogP contribution is -2.35. The third kappa shape index (κ3) is 1.91. The molecule has 2 aromatic carbocycles. The molecule has 2 aromatic rings. The number of fused-ring (bicyclic) bond motifs is 6. The molecule has 4 rings (SSSR count). The molecule has 2 aliphatic rings. The quantitative estimate of drug-likeness (QED) is 0.372. The van der Waals surface area contributed by atoms with E-state index in [-0.39, 0.29) is 39.1 Å². The predicted molar refractivity (Wildman–Crippen MR) is 87.6 cm³/mol. The second-order valence-corrected chi connectivity index (χ2v) is 6.39. The van der Waals surface area contributed by atoms with E-state index in [0.29, 0.717) is 6.29 Å². The summed E-state index contributed by atoms with van der Waals surface area (Å²) in [6, 6.07) is 0. The largest absolute Gasteiger partial charge is 0.504 e. The molecule has 0 spiro atoms. The number of rotatable bonds is 1. The van der Waals surface area contributed by atoms with E-state index in [1.807, 2.05) is 0 Å². The average Bonchev–Trinajstić information content (AvgIpc) is 2.66. The van der Waals surface area contributed by atoms with Crippen LogP contribution < -0.4 is 4.74 Å². The summed E-state index contributed by atoms with van der Waals surface area (Å²) in [5.74, 6) is -4.62. The van der Waals surface area contributed by atoms with Crippen LogP contribution in [0.5, 0.6) is 34.5 Å². The highest BCUT2D eigenvalue weighted by atomic mass is 16.7. The average molecular weight is 374 g/mol. The first-order valence-corrected chi connectivity index (χ1v) is 7.87. The monoisotopic (exact) mass is 374 g/mol. The van der Waals surface area contributed by atoms with Crippen molar-refractivity contribution in [3.8, 4) is 34.5 Å². The molecule has 0 aromatic heterocycles. The molecular weight excluding hydrogens is 360 g/mol. The van der Waals surface area contributed by atoms with Crippen LogP contribution in [-0.4, -0.2) is 37.6 Å². The van der Waals surface area contributed by atoms with Gasteiger partial charge < -0.3 is 35.0 Å². The second-order valence-electron chi connectivity index (χ2n) is 6.39. The molecule has 2 atom stereocenters. The Labute approximate surface area is 151 Å². The molecular formula is C18H14O9. The van der Waals surface area contributed by atoms with Crippen LogP contribution in [0.15, 0.2) is 0 Å². The first-order chi connectivity index (χ1) is 12.7. The van der Waals surface area contributed by atoms with Crippen molar-refractivity contribution in [1.29, 1.82) is 0 Å². The molecule has 2 heterocycles. The van der Waals surface area contributed by atoms with Gasteiger partial charge in [0.05, 0.1) is 5.56 Å². The van der Waals surface area contributed by atoms with Gasteiger partial charge in [0.1, 0.15) is 0 Å². The van der Waals surface area contributed by atoms with Crippen molar-refractivity contribution < 1.29 is 44.6 Å². The van der Waals surface area contributed by atoms with Gasteiger partial charge >= 0.3 is 0 Å². The summed E-state index contributed by atoms with van der Waals surface area (Å²) < 4.78 is 11.1. The molecule has 140 valence electrons. The zero-order chi connectivity index (χ0) is 19.8. The van der Waals surface area contributed by atoms with Gasteiger partial charge in [-0.05, 0) is 13.8 Å². The van der Waals surface area contributed by atoms with Crippen LogP contribution in [0, 0.1) is 13.8 Å². The minimum atomic E-state index is -1.42. The molecule has 27 heavy (non-hydrogen) atoms. The van der Waals surface area contributed by atoms with Crippen LogP contribution in [0.25, 0.3) is 0 Å². The first kappa shape index (κ1) is 17.0. The number of aldehydes is 1. The minimum absolute atomic E-state index is 0.00280. The lowest BCUT2D eigenvalue weighted by atomic mass is 9.84. The van der Waals surface area contributed by atoms with Gasteiger partial charge in [0.25, 0.3) is 0 Å². The van der Waals surface area contributed by atoms with Crippen LogP contribution in [-0.2, 0) is 4.74 Å². The summed E-state index contributed by atoms with van der Waals surface area (Å²) in [4.78, 5) is 24.6. The summed E-state index contributed by atoms with van der Waals surface area (Å²) >= 11 is 0. The Morgan fingerprint density at radius 2 is 1.48 bits per heavy atom. The highest BCUT2D eigenvalue weighted by Gasteiger charge is 2.48. The molecule has 2 aliphatic heterocycles. The molecule has 0 unspecified atom stereocenters. The van der Waals surface area contributed by atoms with E-state index in [1.54, 1.807) is 0 Å². The van der Waals surface area contributed by atoms with Crippen LogP contribution >= 0.6 is 0 Å². The number of aromatic hydroxyl groups is 5. The standard InChI is InChI=1S/C18H14O9/c1-4-6(3-19)8-16-13(23)7-5(2)11(21)14(24)12(22)9(7)18(26-16)27-17(8)15(25)10(4)20/h3,16,18,20-22,24-25H,1-2H3/t16-,18+/m1/s1. The van der Waals surface area contributed by atoms with Crippen molar-refractivity contribution in [3.05, 3.63) is 33.4 Å². The molecule has 9 nitrogen and oxygen atoms in total. The molecule has 0 saturated heterocycles. The lowest BCUT2D eigenvalue weighted by molar-refractivity contribution is -0.138. The number of phenols is 5. The van der Waals surface area contributed by atoms with Gasteiger partial charge in [0.15, 0.2) is 41.2 Å². The first-order valence-electron chi connectivity index (χ1n) is 7.87. The predicted octanol–water partition coefficient (Wildman–Crippen LogP) is 1.99. The number of carbonyl (C=O) groups excluding carboxylic acids is 2. The van der Waals surface area contributed by atoms with Gasteiger partial charge in [0.2, 0.25) is 17.8 Å². The van der Waals surface area contributed by atoms with E-state index in [0.717, 1.165) is 0 Å². The van der Waals surface area contributed by atoms with Crippen molar-refractivity contribution >= 4 is 12.1 Å². The number of carbonyl (C=O) groups is 2. The van der Waals surface area contributed by atoms with Crippen LogP contribution in [0.3, 0.4) is 0 Å². The highest BCUT2D eigenvalue weighted by Crippen LogP contribution is 2.58. The molecule has 0 fully saturated rings. The SMILES string of the molecule is Cc1c(O)c(O)c2c(c1C=O)[C@H]1O[C@@H](O2)c2c(O)c(O)c(O)c(C)c2C1=O. The number of Topliss-reactive ketones (excluding diaryl/α,β-unsaturated/α-hetero) is 1. The van der Waals surface area contributed by atoms with Gasteiger partial charge in [-0.2, -0.15) is 0 Å². The maximum atomic E-state index is 13.1. The molecule has 9 heteroatoms. The second kappa shape index (κ2) is 5.27. The van der Waals surface area contributed by atoms with E-state index in [4.69, 9.17) is 9.47 Å². The van der Waals surface area contributed by atoms with Gasteiger partial charge in [0, 0.05) is 27.8 Å². The number of phenolic OH excluding ortho intramolecular Hbond substituents is 5. The Morgan fingerprint density at radius 1 is 0.852 bits per heavy atom. The third-order valence-corrected chi connectivity index (χ3v) is 5.02. The Balaban J connectivity index is 2.07. The fourth-order valence-electron chi connectivity index (χ4n) is 3.58. The van der Waals surface area contributed by atoms with Gasteiger partial charge in [-0.3, -0.25) is 9.59 Å². The van der Waals surface area contributed by atoms with E-state index in [1.165, 1.54) is 13.8 Å². The van der Waals surface area contributed by atoms with E-state index in [2.05, 4.69) is 0 Å². The van der Waals surface area contributed by atoms with E-state index in [9.17, 15) is 35.1 Å². The summed E-state index contributed by atoms with van der Waals surface area (Å²) in [7, 11) is 0. The summed E-state index contributed by atoms with van der Waals surface area (Å²) in [6.45, 7) is 2.75. The maximum absolute atomic E-state index is 13.1. The lowest BCUT2D eigenvalue weighted by Gasteiger charge is -2.39. The van der Waals surface area contributed by atoms with Crippen LogP contribution in [0.2, 0.25) is 0 Å². The highest BCUT2D eigenvalue weighted by molar-refractivity contribution is 6.07. The molecule has 5 N–H and O–H groups in total. The summed E-state index contributed by atoms with van der Waals surface area (Å²) in [5, 5.41) is 50.3. The minimum Gasteiger partial charge on any atom is -0.504 e. The topological polar surface area (TPSA) is 154 Å². The van der Waals surface area contributed by atoms with E-state index < -0.39 is 46.9 Å². The zero-order valence-electron chi connectivity index (χ0n) is 14.1. The van der Waals surface area contributed by atoms with E-state index >= 15 is 0 Å². The van der Waals surface area contributed by atoms with Crippen molar-refractivity contribution in [2.24, 2.45) is 0 Å². The Kier molecular flexibility index (Phi) is 3.32. The van der Waals surface area contributed by atoms with Gasteiger partial charge in [-0.15, -0.1) is 0 Å². The normalized spacial score (nSPS) is 19.9. The summed E-state index contributed by atoms with van der Waals surface area (Å²) in [6.07, 6.45) is -2.39. The Morgan fingerprint density at radius 3 is 2.11 bits per heavy atom. The molecule has 0 radical (unpaired) electrons. The number of ketones is 1. The fraction of sp³-hybridized carbons (Fsp3) is 0.222. The van der Waals surface area contributed by atoms with Gasteiger partial charge in [-0.1, -0.05) is 0 Å². The summed E-state index contributed by atoms with van der Waals surface area (Å²) in [5.41, 5.74) is -0.429. The van der Waals surface area contributed by atoms with Crippen molar-refractivity contribution in [3.63, 3.8) is 0 Å². The zero-order valence-corrected chi connectivity index (χ0v) is 14.1. The Hall–Kier alpha value is -3.46. The molecule has 0 aliphatic carbocycles. The van der Waals surface area contributed by atoms with Gasteiger partial charge in [-0.25, -0.2) is 0 Å². The smallest absolute Gasteiger partial charge is 0.232 e. The van der Waals surface area contributed by atoms with Crippen LogP contribution in [0.4, 0.5) is 0 Å². The van der Waals surface area contributed by atoms with Crippen molar-refractivity contribution in [2.45, 2.75) is 26.2 Å². The van der Waals surface area contributed by atoms with Crippen molar-refractivity contribution in [1.82, 2.24) is 0 Å². The number of hydrogen-bond acceptors (Lipinski definition) is 9. The number of hydrogen-bond donors (Lipinski definition) is 5. The van der Waals surface area contributed by atoms with Crippen LogP contribution in [0.1, 0.15) is 55.4 Å². The molecule has 0 saturated carbocycles. The Bertz CT molecular complexity index is 1050. The third-order valence-electron chi connectivity index (χ3n) is 5.02.